The first-order chi connectivity index (χ1) is 8.54. The minimum atomic E-state index is -0.703. The van der Waals surface area contributed by atoms with E-state index in [1.165, 1.54) is 0 Å². The standard InChI is InChI=1S/C13H12ClNO3/c1-3-18-13(17)10-11(14)8-5-4-7(2)6-9(8)15-12(10)16/h4-6H,3H2,1-2H3,(H,15,16). The summed E-state index contributed by atoms with van der Waals surface area (Å²) in [4.78, 5) is 26.1. The van der Waals surface area contributed by atoms with Gasteiger partial charge in [-0.05, 0) is 25.5 Å². The molecule has 2 rings (SSSR count). The number of aromatic nitrogens is 1. The SMILES string of the molecule is CCOC(=O)c1c(Cl)c2ccc(C)cc2[nH]c1=O. The van der Waals surface area contributed by atoms with Crippen molar-refractivity contribution in [1.82, 2.24) is 4.98 Å². The van der Waals surface area contributed by atoms with Gasteiger partial charge in [0.05, 0.1) is 17.1 Å². The normalized spacial score (nSPS) is 10.6. The number of aryl methyl sites for hydroxylation is 1. The van der Waals surface area contributed by atoms with Gasteiger partial charge in [0.1, 0.15) is 5.56 Å². The second kappa shape index (κ2) is 4.82. The van der Waals surface area contributed by atoms with Crippen LogP contribution in [0.2, 0.25) is 5.02 Å². The average molecular weight is 266 g/mol. The summed E-state index contributed by atoms with van der Waals surface area (Å²) >= 11 is 6.11. The number of H-pyrrole nitrogens is 1. The summed E-state index contributed by atoms with van der Waals surface area (Å²) in [7, 11) is 0. The quantitative estimate of drug-likeness (QED) is 0.850. The molecule has 1 aromatic heterocycles. The van der Waals surface area contributed by atoms with E-state index in [2.05, 4.69) is 4.98 Å². The van der Waals surface area contributed by atoms with Gasteiger partial charge in [0.2, 0.25) is 0 Å². The molecule has 0 bridgehead atoms. The topological polar surface area (TPSA) is 59.2 Å². The van der Waals surface area contributed by atoms with Crippen LogP contribution in [0.25, 0.3) is 10.9 Å². The highest BCUT2D eigenvalue weighted by molar-refractivity contribution is 6.38. The van der Waals surface area contributed by atoms with Gasteiger partial charge < -0.3 is 9.72 Å². The van der Waals surface area contributed by atoms with E-state index >= 15 is 0 Å². The molecule has 0 fully saturated rings. The number of halogens is 1. The van der Waals surface area contributed by atoms with E-state index in [0.29, 0.717) is 10.9 Å². The van der Waals surface area contributed by atoms with Crippen molar-refractivity contribution < 1.29 is 9.53 Å². The Bertz CT molecular complexity index is 676. The van der Waals surface area contributed by atoms with Crippen LogP contribution in [0.1, 0.15) is 22.8 Å². The molecule has 0 radical (unpaired) electrons. The molecule has 0 atom stereocenters. The van der Waals surface area contributed by atoms with Crippen LogP contribution in [-0.4, -0.2) is 17.6 Å². The van der Waals surface area contributed by atoms with Gasteiger partial charge in [-0.1, -0.05) is 23.7 Å². The number of carbonyl (C=O) groups excluding carboxylic acids is 1. The predicted octanol–water partition coefficient (Wildman–Crippen LogP) is 2.67. The van der Waals surface area contributed by atoms with Crippen LogP contribution in [0.15, 0.2) is 23.0 Å². The van der Waals surface area contributed by atoms with E-state index < -0.39 is 11.5 Å². The van der Waals surface area contributed by atoms with E-state index in [1.807, 2.05) is 13.0 Å². The van der Waals surface area contributed by atoms with E-state index in [-0.39, 0.29) is 17.2 Å². The molecule has 4 nitrogen and oxygen atoms in total. The number of ether oxygens (including phenoxy) is 1. The molecule has 94 valence electrons. The van der Waals surface area contributed by atoms with Crippen molar-refractivity contribution in [3.63, 3.8) is 0 Å². The number of rotatable bonds is 2. The van der Waals surface area contributed by atoms with E-state index in [0.717, 1.165) is 5.56 Å². The zero-order chi connectivity index (χ0) is 13.3. The Balaban J connectivity index is 2.73. The maximum absolute atomic E-state index is 11.8. The van der Waals surface area contributed by atoms with Crippen molar-refractivity contribution in [3.05, 3.63) is 44.7 Å². The largest absolute Gasteiger partial charge is 0.462 e. The summed E-state index contributed by atoms with van der Waals surface area (Å²) in [5.41, 5.74) is 0.933. The maximum Gasteiger partial charge on any atom is 0.345 e. The molecule has 0 saturated heterocycles. The minimum absolute atomic E-state index is 0.132. The van der Waals surface area contributed by atoms with E-state index in [4.69, 9.17) is 16.3 Å². The molecule has 0 unspecified atom stereocenters. The van der Waals surface area contributed by atoms with Gasteiger partial charge in [0, 0.05) is 5.39 Å². The first-order valence-corrected chi connectivity index (χ1v) is 5.91. The molecule has 0 aliphatic carbocycles. The number of fused-ring (bicyclic) bond motifs is 1. The molecule has 0 amide bonds. The fourth-order valence-electron chi connectivity index (χ4n) is 1.76. The van der Waals surface area contributed by atoms with Crippen LogP contribution in [0.5, 0.6) is 0 Å². The lowest BCUT2D eigenvalue weighted by Crippen LogP contribution is -2.20. The maximum atomic E-state index is 11.8. The number of hydrogen-bond acceptors (Lipinski definition) is 3. The Morgan fingerprint density at radius 1 is 1.44 bits per heavy atom. The molecule has 0 saturated carbocycles. The molecule has 0 aliphatic heterocycles. The lowest BCUT2D eigenvalue weighted by Gasteiger charge is -2.07. The Morgan fingerprint density at radius 2 is 2.17 bits per heavy atom. The first-order valence-electron chi connectivity index (χ1n) is 5.54. The summed E-state index contributed by atoms with van der Waals surface area (Å²) in [5, 5.41) is 0.761. The number of aromatic amines is 1. The molecule has 1 aromatic carbocycles. The number of nitrogens with one attached hydrogen (secondary N) is 1. The van der Waals surface area contributed by atoms with Crippen molar-refractivity contribution >= 4 is 28.5 Å². The zero-order valence-electron chi connectivity index (χ0n) is 10.0. The Hall–Kier alpha value is -1.81. The number of esters is 1. The van der Waals surface area contributed by atoms with Crippen molar-refractivity contribution in [2.45, 2.75) is 13.8 Å². The van der Waals surface area contributed by atoms with Crippen molar-refractivity contribution in [2.75, 3.05) is 6.61 Å². The van der Waals surface area contributed by atoms with Crippen molar-refractivity contribution in [2.24, 2.45) is 0 Å². The molecule has 18 heavy (non-hydrogen) atoms. The lowest BCUT2D eigenvalue weighted by molar-refractivity contribution is 0.0524. The van der Waals surface area contributed by atoms with Crippen LogP contribution in [0, 0.1) is 6.92 Å². The lowest BCUT2D eigenvalue weighted by atomic mass is 10.1. The van der Waals surface area contributed by atoms with Crippen molar-refractivity contribution in [3.8, 4) is 0 Å². The number of pyridine rings is 1. The first kappa shape index (κ1) is 12.6. The average Bonchev–Trinajstić information content (AvgIpc) is 2.28. The highest BCUT2D eigenvalue weighted by Crippen LogP contribution is 2.24. The second-order valence-electron chi connectivity index (χ2n) is 3.91. The fourth-order valence-corrected chi connectivity index (χ4v) is 2.09. The third-order valence-corrected chi connectivity index (χ3v) is 2.98. The molecule has 1 heterocycles. The second-order valence-corrected chi connectivity index (χ2v) is 4.29. The summed E-state index contributed by atoms with van der Waals surface area (Å²) in [6.45, 7) is 3.77. The van der Waals surface area contributed by atoms with Crippen LogP contribution >= 0.6 is 11.6 Å². The molecular formula is C13H12ClNO3. The summed E-state index contributed by atoms with van der Waals surface area (Å²) in [6, 6.07) is 5.44. The summed E-state index contributed by atoms with van der Waals surface area (Å²) in [6.07, 6.45) is 0. The van der Waals surface area contributed by atoms with Gasteiger partial charge in [-0.25, -0.2) is 4.79 Å². The van der Waals surface area contributed by atoms with Gasteiger partial charge in [0.15, 0.2) is 0 Å². The molecular weight excluding hydrogens is 254 g/mol. The van der Waals surface area contributed by atoms with Gasteiger partial charge in [-0.2, -0.15) is 0 Å². The third-order valence-electron chi connectivity index (χ3n) is 2.59. The summed E-state index contributed by atoms with van der Waals surface area (Å²) < 4.78 is 4.82. The van der Waals surface area contributed by atoms with Crippen LogP contribution in [-0.2, 0) is 4.74 Å². The van der Waals surface area contributed by atoms with Gasteiger partial charge >= 0.3 is 5.97 Å². The van der Waals surface area contributed by atoms with Crippen molar-refractivity contribution in [1.29, 1.82) is 0 Å². The highest BCUT2D eigenvalue weighted by Gasteiger charge is 2.19. The highest BCUT2D eigenvalue weighted by atomic mass is 35.5. The molecule has 2 aromatic rings. The third kappa shape index (κ3) is 2.11. The van der Waals surface area contributed by atoms with Crippen LogP contribution in [0.3, 0.4) is 0 Å². The monoisotopic (exact) mass is 265 g/mol. The van der Waals surface area contributed by atoms with E-state index in [1.54, 1.807) is 19.1 Å². The van der Waals surface area contributed by atoms with Gasteiger partial charge in [-0.3, -0.25) is 4.79 Å². The molecule has 0 aliphatic rings. The minimum Gasteiger partial charge on any atom is -0.462 e. The predicted molar refractivity (Wildman–Crippen MR) is 70.3 cm³/mol. The smallest absolute Gasteiger partial charge is 0.345 e. The Kier molecular flexibility index (Phi) is 3.39. The fraction of sp³-hybridized carbons (Fsp3) is 0.231. The molecule has 5 heteroatoms. The molecule has 1 N–H and O–H groups in total. The number of carbonyl (C=O) groups is 1. The number of hydrogen-bond donors (Lipinski definition) is 1. The van der Waals surface area contributed by atoms with Crippen LogP contribution < -0.4 is 5.56 Å². The van der Waals surface area contributed by atoms with Gasteiger partial charge in [-0.15, -0.1) is 0 Å². The van der Waals surface area contributed by atoms with Crippen LogP contribution in [0.4, 0.5) is 0 Å². The molecule has 0 spiro atoms. The zero-order valence-corrected chi connectivity index (χ0v) is 10.8. The Morgan fingerprint density at radius 3 is 2.83 bits per heavy atom. The Labute approximate surface area is 109 Å². The van der Waals surface area contributed by atoms with Gasteiger partial charge in [0.25, 0.3) is 5.56 Å². The summed E-state index contributed by atoms with van der Waals surface area (Å²) in [5.74, 6) is -0.703. The van der Waals surface area contributed by atoms with E-state index in [9.17, 15) is 9.59 Å². The number of benzene rings is 1.